The van der Waals surface area contributed by atoms with Gasteiger partial charge in [0.05, 0.1) is 10.2 Å². The van der Waals surface area contributed by atoms with E-state index in [2.05, 4.69) is 49.9 Å². The van der Waals surface area contributed by atoms with Crippen LogP contribution in [0.5, 0.6) is 0 Å². The van der Waals surface area contributed by atoms with Crippen molar-refractivity contribution in [3.63, 3.8) is 0 Å². The molecule has 0 amide bonds. The zero-order chi connectivity index (χ0) is 16.5. The van der Waals surface area contributed by atoms with Gasteiger partial charge >= 0.3 is 0 Å². The third-order valence-electron chi connectivity index (χ3n) is 6.59. The third kappa shape index (κ3) is 2.39. The first-order valence-corrected chi connectivity index (χ1v) is 10.4. The summed E-state index contributed by atoms with van der Waals surface area (Å²) in [5, 5.41) is 1.30. The number of hydrogen-bond donors (Lipinski definition) is 0. The smallest absolute Gasteiger partial charge is 0.186 e. The molecule has 2 aliphatic carbocycles. The van der Waals surface area contributed by atoms with Gasteiger partial charge in [0.15, 0.2) is 5.13 Å². The van der Waals surface area contributed by atoms with Crippen molar-refractivity contribution in [3.05, 3.63) is 24.3 Å². The Bertz CT molecular complexity index is 726. The Hall–Kier alpha value is -1.09. The highest BCUT2D eigenvalue weighted by molar-refractivity contribution is 7.22. The van der Waals surface area contributed by atoms with E-state index in [4.69, 9.17) is 4.98 Å². The highest BCUT2D eigenvalue weighted by atomic mass is 32.1. The normalized spacial score (nSPS) is 35.1. The number of aromatic nitrogens is 1. The van der Waals surface area contributed by atoms with Gasteiger partial charge in [0.2, 0.25) is 0 Å². The summed E-state index contributed by atoms with van der Waals surface area (Å²) >= 11 is 1.91. The lowest BCUT2D eigenvalue weighted by Gasteiger charge is -2.61. The Labute approximate surface area is 149 Å². The summed E-state index contributed by atoms with van der Waals surface area (Å²) in [6, 6.07) is 10.1. The summed E-state index contributed by atoms with van der Waals surface area (Å²) in [4.78, 5) is 7.81. The van der Waals surface area contributed by atoms with E-state index >= 15 is 0 Å². The molecule has 1 aromatic carbocycles. The molecular weight excluding hydrogens is 312 g/mol. The molecule has 24 heavy (non-hydrogen) atoms. The standard InChI is InChI=1S/C21H28N2S/c1-21(2,3)12-16-14-8-13-9-15(11-14)23(18(16)10-13)20-22-17-6-4-5-7-19(17)24-20/h4-7,13-16,18H,8-12H2,1-3H3. The summed E-state index contributed by atoms with van der Waals surface area (Å²) < 4.78 is 1.34. The number of benzene rings is 1. The van der Waals surface area contributed by atoms with E-state index in [9.17, 15) is 0 Å². The van der Waals surface area contributed by atoms with E-state index in [0.29, 0.717) is 5.41 Å². The molecule has 2 saturated heterocycles. The molecule has 2 aromatic rings. The first kappa shape index (κ1) is 15.2. The van der Waals surface area contributed by atoms with Gasteiger partial charge in [-0.05, 0) is 67.4 Å². The Morgan fingerprint density at radius 3 is 2.75 bits per heavy atom. The maximum atomic E-state index is 5.03. The van der Waals surface area contributed by atoms with E-state index in [-0.39, 0.29) is 0 Å². The Morgan fingerprint density at radius 1 is 1.12 bits per heavy atom. The van der Waals surface area contributed by atoms with Crippen LogP contribution >= 0.6 is 11.3 Å². The third-order valence-corrected chi connectivity index (χ3v) is 7.64. The molecule has 128 valence electrons. The minimum absolute atomic E-state index is 0.430. The molecule has 2 nitrogen and oxygen atoms in total. The average molecular weight is 341 g/mol. The number of rotatable bonds is 2. The fraction of sp³-hybridized carbons (Fsp3) is 0.667. The van der Waals surface area contributed by atoms with E-state index in [1.165, 1.54) is 47.5 Å². The SMILES string of the molecule is CC(C)(C)CC1C2CC3CC(C2)N(c2nc4ccccc4s2)C1C3. The van der Waals surface area contributed by atoms with Crippen LogP contribution in [-0.2, 0) is 0 Å². The van der Waals surface area contributed by atoms with Gasteiger partial charge in [0.1, 0.15) is 0 Å². The second-order valence-corrected chi connectivity index (χ2v) is 10.6. The van der Waals surface area contributed by atoms with Gasteiger partial charge < -0.3 is 4.90 Å². The molecule has 4 fully saturated rings. The van der Waals surface area contributed by atoms with Gasteiger partial charge in [0.25, 0.3) is 0 Å². The molecule has 5 unspecified atom stereocenters. The lowest BCUT2D eigenvalue weighted by Crippen LogP contribution is -2.63. The van der Waals surface area contributed by atoms with Crippen molar-refractivity contribution in [2.45, 2.75) is 65.0 Å². The summed E-state index contributed by atoms with van der Waals surface area (Å²) in [5.41, 5.74) is 1.61. The van der Waals surface area contributed by atoms with Gasteiger partial charge in [0, 0.05) is 12.1 Å². The number of nitrogens with zero attached hydrogens (tertiary/aromatic N) is 2. The predicted octanol–water partition coefficient (Wildman–Crippen LogP) is 5.73. The molecule has 6 rings (SSSR count). The number of fused-ring (bicyclic) bond motifs is 1. The monoisotopic (exact) mass is 340 g/mol. The molecule has 0 radical (unpaired) electrons. The summed E-state index contributed by atoms with van der Waals surface area (Å²) in [5.74, 6) is 2.82. The molecule has 3 heterocycles. The van der Waals surface area contributed by atoms with Crippen LogP contribution in [-0.4, -0.2) is 17.1 Å². The number of anilines is 1. The summed E-state index contributed by atoms with van der Waals surface area (Å²) in [6.45, 7) is 7.25. The van der Waals surface area contributed by atoms with Gasteiger partial charge in [-0.3, -0.25) is 0 Å². The molecule has 5 atom stereocenters. The molecule has 2 aliphatic heterocycles. The van der Waals surface area contributed by atoms with Crippen LogP contribution in [0, 0.1) is 23.2 Å². The van der Waals surface area contributed by atoms with Crippen LogP contribution in [0.2, 0.25) is 0 Å². The lowest BCUT2D eigenvalue weighted by molar-refractivity contribution is 0.0107. The molecule has 3 heteroatoms. The number of thiazole rings is 1. The minimum Gasteiger partial charge on any atom is -0.342 e. The molecule has 4 bridgehead atoms. The predicted molar refractivity (Wildman–Crippen MR) is 103 cm³/mol. The van der Waals surface area contributed by atoms with Crippen molar-refractivity contribution in [1.29, 1.82) is 0 Å². The lowest BCUT2D eigenvalue weighted by atomic mass is 9.56. The van der Waals surface area contributed by atoms with Crippen molar-refractivity contribution in [2.24, 2.45) is 23.2 Å². The largest absolute Gasteiger partial charge is 0.342 e. The van der Waals surface area contributed by atoms with Gasteiger partial charge in [-0.25, -0.2) is 4.98 Å². The van der Waals surface area contributed by atoms with Crippen LogP contribution in [0.25, 0.3) is 10.2 Å². The maximum absolute atomic E-state index is 5.03. The quantitative estimate of drug-likeness (QED) is 0.694. The molecule has 2 saturated carbocycles. The van der Waals surface area contributed by atoms with Gasteiger partial charge in [-0.2, -0.15) is 0 Å². The second kappa shape index (κ2) is 5.20. The highest BCUT2D eigenvalue weighted by Gasteiger charge is 2.53. The van der Waals surface area contributed by atoms with Crippen LogP contribution < -0.4 is 4.90 Å². The van der Waals surface area contributed by atoms with Gasteiger partial charge in [-0.15, -0.1) is 0 Å². The highest BCUT2D eigenvalue weighted by Crippen LogP contribution is 2.56. The van der Waals surface area contributed by atoms with Crippen molar-refractivity contribution < 1.29 is 0 Å². The summed E-state index contributed by atoms with van der Waals surface area (Å²) in [7, 11) is 0. The van der Waals surface area contributed by atoms with Crippen molar-refractivity contribution in [3.8, 4) is 0 Å². The fourth-order valence-electron chi connectivity index (χ4n) is 5.92. The van der Waals surface area contributed by atoms with Crippen molar-refractivity contribution >= 4 is 26.7 Å². The van der Waals surface area contributed by atoms with Crippen molar-refractivity contribution in [2.75, 3.05) is 4.90 Å². The molecule has 0 N–H and O–H groups in total. The topological polar surface area (TPSA) is 16.1 Å². The zero-order valence-electron chi connectivity index (χ0n) is 15.0. The maximum Gasteiger partial charge on any atom is 0.186 e. The Balaban J connectivity index is 1.53. The summed E-state index contributed by atoms with van der Waals surface area (Å²) in [6.07, 6.45) is 7.09. The molecule has 0 spiro atoms. The van der Waals surface area contributed by atoms with E-state index in [0.717, 1.165) is 29.8 Å². The second-order valence-electron chi connectivity index (χ2n) is 9.59. The first-order chi connectivity index (χ1) is 11.5. The molecule has 1 aromatic heterocycles. The average Bonchev–Trinajstić information content (AvgIpc) is 2.93. The fourth-order valence-corrected chi connectivity index (χ4v) is 7.02. The Kier molecular flexibility index (Phi) is 3.29. The van der Waals surface area contributed by atoms with Crippen molar-refractivity contribution in [1.82, 2.24) is 4.98 Å². The number of piperidine rings is 2. The number of hydrogen-bond acceptors (Lipinski definition) is 3. The molecular formula is C21H28N2S. The molecule has 4 aliphatic rings. The van der Waals surface area contributed by atoms with E-state index < -0.39 is 0 Å². The number of para-hydroxylation sites is 1. The zero-order valence-corrected chi connectivity index (χ0v) is 15.9. The Morgan fingerprint density at radius 2 is 1.96 bits per heavy atom. The first-order valence-electron chi connectivity index (χ1n) is 9.62. The van der Waals surface area contributed by atoms with Crippen LogP contribution in [0.1, 0.15) is 52.9 Å². The van der Waals surface area contributed by atoms with Crippen LogP contribution in [0.15, 0.2) is 24.3 Å². The van der Waals surface area contributed by atoms with Gasteiger partial charge in [-0.1, -0.05) is 44.2 Å². The minimum atomic E-state index is 0.430. The van der Waals surface area contributed by atoms with Crippen LogP contribution in [0.4, 0.5) is 5.13 Å². The van der Waals surface area contributed by atoms with Crippen LogP contribution in [0.3, 0.4) is 0 Å². The van der Waals surface area contributed by atoms with E-state index in [1.54, 1.807) is 0 Å². The van der Waals surface area contributed by atoms with E-state index in [1.807, 2.05) is 11.3 Å².